The zero-order valence-corrected chi connectivity index (χ0v) is 14.6. The average Bonchev–Trinajstić information content (AvgIpc) is 3.41. The molecular formula is C16H21Cl2N3O2. The smallest absolute Gasteiger partial charge is 0.256 e. The van der Waals surface area contributed by atoms with E-state index in [2.05, 4.69) is 0 Å². The van der Waals surface area contributed by atoms with Gasteiger partial charge in [-0.05, 0) is 37.8 Å². The SMILES string of the molecule is Cn1cccc1CN(C(=O)CN(C(=O)C(Cl)Cl)C1CC1)C1CC1. The minimum absolute atomic E-state index is 0.0251. The second-order valence-electron chi connectivity index (χ2n) is 6.36. The Balaban J connectivity index is 1.68. The van der Waals surface area contributed by atoms with Crippen LogP contribution >= 0.6 is 23.2 Å². The highest BCUT2D eigenvalue weighted by atomic mass is 35.5. The van der Waals surface area contributed by atoms with Crippen LogP contribution in [0.2, 0.25) is 0 Å². The molecular weight excluding hydrogens is 337 g/mol. The highest BCUT2D eigenvalue weighted by molar-refractivity contribution is 6.53. The number of alkyl halides is 2. The molecule has 0 unspecified atom stereocenters. The maximum absolute atomic E-state index is 12.8. The molecule has 1 aromatic rings. The van der Waals surface area contributed by atoms with Gasteiger partial charge in [0.2, 0.25) is 5.91 Å². The number of amides is 2. The van der Waals surface area contributed by atoms with Crippen LogP contribution < -0.4 is 0 Å². The fourth-order valence-electron chi connectivity index (χ4n) is 2.78. The minimum Gasteiger partial charge on any atom is -0.353 e. The number of nitrogens with zero attached hydrogens (tertiary/aromatic N) is 3. The van der Waals surface area contributed by atoms with E-state index in [1.807, 2.05) is 34.8 Å². The Labute approximate surface area is 146 Å². The van der Waals surface area contributed by atoms with Gasteiger partial charge in [0.05, 0.1) is 6.54 Å². The standard InChI is InChI=1S/C16H21Cl2N3O2/c1-19-8-2-3-13(19)9-20(11-4-5-11)14(22)10-21(12-6-7-12)16(23)15(17)18/h2-3,8,11-12,15H,4-7,9-10H2,1H3. The molecule has 23 heavy (non-hydrogen) atoms. The van der Waals surface area contributed by atoms with Gasteiger partial charge in [0.15, 0.2) is 4.84 Å². The number of aromatic nitrogens is 1. The summed E-state index contributed by atoms with van der Waals surface area (Å²) in [7, 11) is 1.97. The molecule has 2 amide bonds. The zero-order chi connectivity index (χ0) is 16.6. The number of rotatable bonds is 7. The molecule has 3 rings (SSSR count). The molecule has 2 aliphatic carbocycles. The molecule has 0 radical (unpaired) electrons. The topological polar surface area (TPSA) is 45.6 Å². The molecule has 0 bridgehead atoms. The van der Waals surface area contributed by atoms with Gasteiger partial charge in [-0.2, -0.15) is 0 Å². The second-order valence-corrected chi connectivity index (χ2v) is 7.46. The van der Waals surface area contributed by atoms with Gasteiger partial charge in [-0.15, -0.1) is 0 Å². The van der Waals surface area contributed by atoms with Crippen molar-refractivity contribution >= 4 is 35.0 Å². The summed E-state index contributed by atoms with van der Waals surface area (Å²) >= 11 is 11.4. The van der Waals surface area contributed by atoms with Crippen LogP contribution in [0.1, 0.15) is 31.4 Å². The third-order valence-electron chi connectivity index (χ3n) is 4.45. The number of hydrogen-bond acceptors (Lipinski definition) is 2. The fraction of sp³-hybridized carbons (Fsp3) is 0.625. The van der Waals surface area contributed by atoms with Gasteiger partial charge in [-0.1, -0.05) is 23.2 Å². The van der Waals surface area contributed by atoms with Crippen molar-refractivity contribution in [1.29, 1.82) is 0 Å². The quantitative estimate of drug-likeness (QED) is 0.703. The third-order valence-corrected chi connectivity index (χ3v) is 4.83. The molecule has 0 saturated heterocycles. The largest absolute Gasteiger partial charge is 0.353 e. The van der Waals surface area contributed by atoms with Gasteiger partial charge in [0, 0.05) is 31.0 Å². The molecule has 2 saturated carbocycles. The Morgan fingerprint density at radius 3 is 2.30 bits per heavy atom. The van der Waals surface area contributed by atoms with Crippen LogP contribution in [0.3, 0.4) is 0 Å². The molecule has 0 aliphatic heterocycles. The number of halogens is 2. The molecule has 1 heterocycles. The third kappa shape index (κ3) is 4.01. The molecule has 0 spiro atoms. The van der Waals surface area contributed by atoms with E-state index in [4.69, 9.17) is 23.2 Å². The molecule has 7 heteroatoms. The van der Waals surface area contributed by atoms with Gasteiger partial charge in [0.1, 0.15) is 6.54 Å². The maximum Gasteiger partial charge on any atom is 0.256 e. The molecule has 126 valence electrons. The van der Waals surface area contributed by atoms with Gasteiger partial charge in [0.25, 0.3) is 5.91 Å². The van der Waals surface area contributed by atoms with Gasteiger partial charge in [-0.3, -0.25) is 9.59 Å². The predicted molar refractivity (Wildman–Crippen MR) is 89.2 cm³/mol. The predicted octanol–water partition coefficient (Wildman–Crippen LogP) is 2.31. The molecule has 0 aromatic carbocycles. The van der Waals surface area contributed by atoms with Crippen LogP contribution in [0.25, 0.3) is 0 Å². The van der Waals surface area contributed by atoms with Crippen molar-refractivity contribution in [2.45, 2.75) is 49.1 Å². The lowest BCUT2D eigenvalue weighted by atomic mass is 10.3. The van der Waals surface area contributed by atoms with Crippen LogP contribution in [0.15, 0.2) is 18.3 Å². The van der Waals surface area contributed by atoms with E-state index >= 15 is 0 Å². The second kappa shape index (κ2) is 6.73. The van der Waals surface area contributed by atoms with E-state index in [0.29, 0.717) is 6.54 Å². The van der Waals surface area contributed by atoms with E-state index in [9.17, 15) is 9.59 Å². The van der Waals surface area contributed by atoms with Crippen molar-refractivity contribution in [3.05, 3.63) is 24.0 Å². The Morgan fingerprint density at radius 2 is 1.83 bits per heavy atom. The monoisotopic (exact) mass is 357 g/mol. The molecule has 5 nitrogen and oxygen atoms in total. The summed E-state index contributed by atoms with van der Waals surface area (Å²) in [5, 5.41) is 0. The summed E-state index contributed by atoms with van der Waals surface area (Å²) in [4.78, 5) is 27.2. The van der Waals surface area contributed by atoms with Crippen molar-refractivity contribution in [1.82, 2.24) is 14.4 Å². The van der Waals surface area contributed by atoms with Gasteiger partial charge in [-0.25, -0.2) is 0 Å². The van der Waals surface area contributed by atoms with Crippen LogP contribution in [-0.4, -0.2) is 49.6 Å². The Hall–Kier alpha value is -1.20. The Kier molecular flexibility index (Phi) is 4.87. The van der Waals surface area contributed by atoms with Crippen LogP contribution in [0, 0.1) is 0 Å². The Bertz CT molecular complexity index is 594. The Morgan fingerprint density at radius 1 is 1.22 bits per heavy atom. The van der Waals surface area contributed by atoms with Crippen molar-refractivity contribution in [3.63, 3.8) is 0 Å². The van der Waals surface area contributed by atoms with E-state index in [1.165, 1.54) is 0 Å². The zero-order valence-electron chi connectivity index (χ0n) is 13.1. The first kappa shape index (κ1) is 16.7. The van der Waals surface area contributed by atoms with Gasteiger partial charge >= 0.3 is 0 Å². The molecule has 0 N–H and O–H groups in total. The summed E-state index contributed by atoms with van der Waals surface area (Å²) in [6.45, 7) is 0.644. The van der Waals surface area contributed by atoms with Crippen LogP contribution in [0.5, 0.6) is 0 Å². The molecule has 2 fully saturated rings. The van der Waals surface area contributed by atoms with E-state index in [0.717, 1.165) is 31.4 Å². The summed E-state index contributed by atoms with van der Waals surface area (Å²) in [6, 6.07) is 4.38. The number of carbonyl (C=O) groups excluding carboxylic acids is 2. The normalized spacial score (nSPS) is 17.4. The first-order valence-electron chi connectivity index (χ1n) is 7.95. The minimum atomic E-state index is -1.11. The average molecular weight is 358 g/mol. The van der Waals surface area contributed by atoms with Crippen molar-refractivity contribution in [3.8, 4) is 0 Å². The molecule has 1 aromatic heterocycles. The molecule has 2 aliphatic rings. The van der Waals surface area contributed by atoms with E-state index in [-0.39, 0.29) is 30.4 Å². The summed E-state index contributed by atoms with van der Waals surface area (Å²) in [6.07, 6.45) is 5.86. The molecule has 0 atom stereocenters. The lowest BCUT2D eigenvalue weighted by molar-refractivity contribution is -0.140. The first-order chi connectivity index (χ1) is 11.0. The highest BCUT2D eigenvalue weighted by Crippen LogP contribution is 2.31. The number of carbonyl (C=O) groups is 2. The maximum atomic E-state index is 12.8. The van der Waals surface area contributed by atoms with Crippen molar-refractivity contribution < 1.29 is 9.59 Å². The fourth-order valence-corrected chi connectivity index (χ4v) is 3.03. The van der Waals surface area contributed by atoms with Crippen LogP contribution in [-0.2, 0) is 23.2 Å². The lowest BCUT2D eigenvalue weighted by Gasteiger charge is -2.28. The van der Waals surface area contributed by atoms with Crippen molar-refractivity contribution in [2.75, 3.05) is 6.54 Å². The summed E-state index contributed by atoms with van der Waals surface area (Å²) in [5.74, 6) is -0.387. The number of aryl methyl sites for hydroxylation is 1. The van der Waals surface area contributed by atoms with E-state index < -0.39 is 4.84 Å². The van der Waals surface area contributed by atoms with Gasteiger partial charge < -0.3 is 14.4 Å². The van der Waals surface area contributed by atoms with E-state index in [1.54, 1.807) is 4.90 Å². The highest BCUT2D eigenvalue weighted by Gasteiger charge is 2.39. The van der Waals surface area contributed by atoms with Crippen molar-refractivity contribution in [2.24, 2.45) is 7.05 Å². The van der Waals surface area contributed by atoms with Crippen LogP contribution in [0.4, 0.5) is 0 Å². The summed E-state index contributed by atoms with van der Waals surface area (Å²) in [5.41, 5.74) is 1.09. The first-order valence-corrected chi connectivity index (χ1v) is 8.83. The lowest BCUT2D eigenvalue weighted by Crippen LogP contribution is -2.46. The summed E-state index contributed by atoms with van der Waals surface area (Å²) < 4.78 is 2.01. The number of hydrogen-bond donors (Lipinski definition) is 0.